The molecule has 0 saturated carbocycles. The van der Waals surface area contributed by atoms with E-state index in [1.165, 1.54) is 6.07 Å². The summed E-state index contributed by atoms with van der Waals surface area (Å²) >= 11 is 0. The highest BCUT2D eigenvalue weighted by Crippen LogP contribution is 2.23. The molecule has 0 aliphatic heterocycles. The van der Waals surface area contributed by atoms with Crippen LogP contribution in [0, 0.1) is 13.8 Å². The Kier molecular flexibility index (Phi) is 3.99. The molecule has 19 heavy (non-hydrogen) atoms. The Morgan fingerprint density at radius 3 is 2.74 bits per heavy atom. The molecule has 1 heterocycles. The second-order valence-electron chi connectivity index (χ2n) is 4.17. The fraction of sp³-hybridized carbons (Fsp3) is 0.308. The number of aryl methyl sites for hydroxylation is 2. The third-order valence-corrected chi connectivity index (χ3v) is 2.52. The van der Waals surface area contributed by atoms with E-state index >= 15 is 0 Å². The molecule has 2 aromatic rings. The summed E-state index contributed by atoms with van der Waals surface area (Å²) in [7, 11) is 0. The molecule has 0 aliphatic carbocycles. The molecule has 2 rings (SSSR count). The van der Waals surface area contributed by atoms with Gasteiger partial charge in [0, 0.05) is 18.2 Å². The first-order valence-corrected chi connectivity index (χ1v) is 5.76. The Morgan fingerprint density at radius 2 is 2.11 bits per heavy atom. The standard InChI is InChI=1S/C13H14F2N2O2/c1-8-3-4-11(18-13(14)15)10(5-8)7-16-12-6-9(2)19-17-12/h3-6,13H,7H2,1-2H3,(H,16,17). The van der Waals surface area contributed by atoms with Crippen LogP contribution in [-0.2, 0) is 6.54 Å². The number of aromatic nitrogens is 1. The highest BCUT2D eigenvalue weighted by atomic mass is 19.3. The molecular formula is C13H14F2N2O2. The number of ether oxygens (including phenoxy) is 1. The monoisotopic (exact) mass is 268 g/mol. The summed E-state index contributed by atoms with van der Waals surface area (Å²) in [6.07, 6.45) is 0. The topological polar surface area (TPSA) is 47.3 Å². The molecule has 0 bridgehead atoms. The lowest BCUT2D eigenvalue weighted by Gasteiger charge is -2.11. The minimum atomic E-state index is -2.84. The second-order valence-corrected chi connectivity index (χ2v) is 4.17. The van der Waals surface area contributed by atoms with Gasteiger partial charge in [0.2, 0.25) is 0 Å². The zero-order chi connectivity index (χ0) is 13.8. The SMILES string of the molecule is Cc1ccc(OC(F)F)c(CNc2cc(C)on2)c1. The molecule has 0 aliphatic rings. The molecule has 102 valence electrons. The van der Waals surface area contributed by atoms with Crippen LogP contribution in [-0.4, -0.2) is 11.8 Å². The van der Waals surface area contributed by atoms with E-state index < -0.39 is 6.61 Å². The largest absolute Gasteiger partial charge is 0.434 e. The molecule has 0 spiro atoms. The summed E-state index contributed by atoms with van der Waals surface area (Å²) in [5, 5.41) is 6.76. The van der Waals surface area contributed by atoms with E-state index in [0.717, 1.165) is 5.56 Å². The molecule has 0 amide bonds. The van der Waals surface area contributed by atoms with Crippen molar-refractivity contribution in [2.75, 3.05) is 5.32 Å². The second kappa shape index (κ2) is 5.69. The first-order valence-electron chi connectivity index (χ1n) is 5.76. The van der Waals surface area contributed by atoms with Gasteiger partial charge in [-0.15, -0.1) is 0 Å². The van der Waals surface area contributed by atoms with Gasteiger partial charge >= 0.3 is 6.61 Å². The van der Waals surface area contributed by atoms with Crippen LogP contribution in [0.1, 0.15) is 16.9 Å². The van der Waals surface area contributed by atoms with Gasteiger partial charge in [-0.1, -0.05) is 22.9 Å². The van der Waals surface area contributed by atoms with Gasteiger partial charge in [-0.2, -0.15) is 8.78 Å². The maximum Gasteiger partial charge on any atom is 0.387 e. The van der Waals surface area contributed by atoms with Crippen LogP contribution in [0.2, 0.25) is 0 Å². The van der Waals surface area contributed by atoms with Crippen molar-refractivity contribution < 1.29 is 18.0 Å². The van der Waals surface area contributed by atoms with Crippen LogP contribution >= 0.6 is 0 Å². The van der Waals surface area contributed by atoms with Crippen molar-refractivity contribution in [1.29, 1.82) is 0 Å². The van der Waals surface area contributed by atoms with Crippen LogP contribution in [0.25, 0.3) is 0 Å². The maximum absolute atomic E-state index is 12.3. The van der Waals surface area contributed by atoms with Gasteiger partial charge in [0.25, 0.3) is 0 Å². The average Bonchev–Trinajstić information content (AvgIpc) is 2.75. The predicted octanol–water partition coefficient (Wildman–Crippen LogP) is 3.50. The van der Waals surface area contributed by atoms with E-state index in [0.29, 0.717) is 23.7 Å². The number of alkyl halides is 2. The van der Waals surface area contributed by atoms with E-state index in [-0.39, 0.29) is 5.75 Å². The van der Waals surface area contributed by atoms with Gasteiger partial charge in [0.15, 0.2) is 5.82 Å². The number of anilines is 1. The normalized spacial score (nSPS) is 10.8. The van der Waals surface area contributed by atoms with Gasteiger partial charge in [0.1, 0.15) is 11.5 Å². The third-order valence-electron chi connectivity index (χ3n) is 2.52. The molecule has 1 aromatic heterocycles. The Labute approximate surface area is 109 Å². The average molecular weight is 268 g/mol. The molecule has 0 unspecified atom stereocenters. The van der Waals surface area contributed by atoms with Gasteiger partial charge in [0.05, 0.1) is 0 Å². The maximum atomic E-state index is 12.3. The lowest BCUT2D eigenvalue weighted by Crippen LogP contribution is -2.07. The van der Waals surface area contributed by atoms with E-state index in [1.54, 1.807) is 25.1 Å². The first kappa shape index (κ1) is 13.3. The molecule has 0 atom stereocenters. The van der Waals surface area contributed by atoms with E-state index in [2.05, 4.69) is 15.2 Å². The molecule has 4 nitrogen and oxygen atoms in total. The Balaban J connectivity index is 2.11. The minimum Gasteiger partial charge on any atom is -0.434 e. The number of halogens is 2. The predicted molar refractivity (Wildman–Crippen MR) is 66.4 cm³/mol. The first-order chi connectivity index (χ1) is 9.04. The van der Waals surface area contributed by atoms with E-state index in [4.69, 9.17) is 4.52 Å². The summed E-state index contributed by atoms with van der Waals surface area (Å²) in [6, 6.07) is 6.77. The van der Waals surface area contributed by atoms with Crippen LogP contribution < -0.4 is 10.1 Å². The van der Waals surface area contributed by atoms with Crippen LogP contribution in [0.15, 0.2) is 28.8 Å². The van der Waals surface area contributed by atoms with Crippen LogP contribution in [0.3, 0.4) is 0 Å². The van der Waals surface area contributed by atoms with Crippen molar-refractivity contribution in [3.8, 4) is 5.75 Å². The zero-order valence-electron chi connectivity index (χ0n) is 10.6. The van der Waals surface area contributed by atoms with Crippen molar-refractivity contribution in [3.63, 3.8) is 0 Å². The van der Waals surface area contributed by atoms with Gasteiger partial charge < -0.3 is 14.6 Å². The number of rotatable bonds is 5. The van der Waals surface area contributed by atoms with Crippen molar-refractivity contribution in [2.24, 2.45) is 0 Å². The quantitative estimate of drug-likeness (QED) is 0.901. The summed E-state index contributed by atoms with van der Waals surface area (Å²) < 4.78 is 34.0. The highest BCUT2D eigenvalue weighted by Gasteiger charge is 2.10. The van der Waals surface area contributed by atoms with Crippen molar-refractivity contribution in [1.82, 2.24) is 5.16 Å². The fourth-order valence-electron chi connectivity index (χ4n) is 1.69. The fourth-order valence-corrected chi connectivity index (χ4v) is 1.69. The lowest BCUT2D eigenvalue weighted by molar-refractivity contribution is -0.0504. The summed E-state index contributed by atoms with van der Waals surface area (Å²) in [5.74, 6) is 1.39. The number of hydrogen-bond acceptors (Lipinski definition) is 4. The number of hydrogen-bond donors (Lipinski definition) is 1. The van der Waals surface area contributed by atoms with Crippen molar-refractivity contribution >= 4 is 5.82 Å². The number of benzene rings is 1. The van der Waals surface area contributed by atoms with Crippen LogP contribution in [0.4, 0.5) is 14.6 Å². The Morgan fingerprint density at radius 1 is 1.32 bits per heavy atom. The molecule has 0 fully saturated rings. The summed E-state index contributed by atoms with van der Waals surface area (Å²) in [4.78, 5) is 0. The number of nitrogens with zero attached hydrogens (tertiary/aromatic N) is 1. The molecule has 0 saturated heterocycles. The van der Waals surface area contributed by atoms with Crippen LogP contribution in [0.5, 0.6) is 5.75 Å². The van der Waals surface area contributed by atoms with E-state index in [9.17, 15) is 8.78 Å². The third kappa shape index (κ3) is 3.67. The highest BCUT2D eigenvalue weighted by molar-refractivity contribution is 5.41. The molecule has 1 N–H and O–H groups in total. The molecule has 0 radical (unpaired) electrons. The van der Waals surface area contributed by atoms with E-state index in [1.807, 2.05) is 6.92 Å². The molecular weight excluding hydrogens is 254 g/mol. The summed E-state index contributed by atoms with van der Waals surface area (Å²) in [5.41, 5.74) is 1.61. The Hall–Kier alpha value is -2.11. The minimum absolute atomic E-state index is 0.160. The molecule has 6 heteroatoms. The van der Waals surface area contributed by atoms with Gasteiger partial charge in [-0.3, -0.25) is 0 Å². The lowest BCUT2D eigenvalue weighted by atomic mass is 10.1. The smallest absolute Gasteiger partial charge is 0.387 e. The van der Waals surface area contributed by atoms with Gasteiger partial charge in [-0.25, -0.2) is 0 Å². The van der Waals surface area contributed by atoms with Gasteiger partial charge in [-0.05, 0) is 19.9 Å². The summed E-state index contributed by atoms with van der Waals surface area (Å²) in [6.45, 7) is 1.15. The zero-order valence-corrected chi connectivity index (χ0v) is 10.6. The molecule has 1 aromatic carbocycles. The van der Waals surface area contributed by atoms with Crippen molar-refractivity contribution in [3.05, 3.63) is 41.2 Å². The van der Waals surface area contributed by atoms with Crippen molar-refractivity contribution in [2.45, 2.75) is 27.0 Å². The number of nitrogens with one attached hydrogen (secondary N) is 1. The Bertz CT molecular complexity index is 555.